The summed E-state index contributed by atoms with van der Waals surface area (Å²) in [6, 6.07) is 21.7. The van der Waals surface area contributed by atoms with Gasteiger partial charge in [0, 0.05) is 22.2 Å². The number of carboxylic acids is 1. The highest BCUT2D eigenvalue weighted by Gasteiger charge is 2.20. The highest BCUT2D eigenvalue weighted by molar-refractivity contribution is 5.99. The summed E-state index contributed by atoms with van der Waals surface area (Å²) in [6.07, 6.45) is -0.932. The molecule has 0 unspecified atom stereocenters. The van der Waals surface area contributed by atoms with Crippen LogP contribution in [0.2, 0.25) is 0 Å². The normalized spacial score (nSPS) is 13.7. The first-order chi connectivity index (χ1) is 18.5. The van der Waals surface area contributed by atoms with Crippen LogP contribution in [-0.2, 0) is 4.79 Å². The van der Waals surface area contributed by atoms with E-state index in [9.17, 15) is 14.7 Å². The van der Waals surface area contributed by atoms with E-state index < -0.39 is 12.1 Å². The molecule has 0 aliphatic heterocycles. The lowest BCUT2D eigenvalue weighted by atomic mass is 9.98. The van der Waals surface area contributed by atoms with Crippen molar-refractivity contribution in [2.75, 3.05) is 0 Å². The number of carbonyl (C=O) groups excluding carboxylic acids is 1. The molecule has 204 valence electrons. The zero-order valence-corrected chi connectivity index (χ0v) is 23.8. The van der Waals surface area contributed by atoms with E-state index in [2.05, 4.69) is 62.7 Å². The predicted molar refractivity (Wildman–Crippen MR) is 156 cm³/mol. The lowest BCUT2D eigenvalue weighted by molar-refractivity contribution is -0.144. The Morgan fingerprint density at radius 3 is 2.21 bits per heavy atom. The molecule has 0 bridgehead atoms. The lowest BCUT2D eigenvalue weighted by Gasteiger charge is -2.20. The molecular formula is C33H38N2O4. The van der Waals surface area contributed by atoms with Gasteiger partial charge < -0.3 is 19.7 Å². The molecule has 6 heteroatoms. The summed E-state index contributed by atoms with van der Waals surface area (Å²) in [4.78, 5) is 24.5. The summed E-state index contributed by atoms with van der Waals surface area (Å²) >= 11 is 0. The van der Waals surface area contributed by atoms with Gasteiger partial charge >= 0.3 is 5.97 Å². The van der Waals surface area contributed by atoms with Crippen molar-refractivity contribution in [2.24, 2.45) is 0 Å². The molecular weight excluding hydrogens is 488 g/mol. The van der Waals surface area contributed by atoms with E-state index in [4.69, 9.17) is 4.74 Å². The van der Waals surface area contributed by atoms with Crippen LogP contribution in [0, 0.1) is 13.8 Å². The fourth-order valence-corrected chi connectivity index (χ4v) is 5.05. The Morgan fingerprint density at radius 1 is 0.846 bits per heavy atom. The van der Waals surface area contributed by atoms with Crippen LogP contribution in [-0.4, -0.2) is 27.7 Å². The summed E-state index contributed by atoms with van der Waals surface area (Å²) in [7, 11) is 0. The van der Waals surface area contributed by atoms with Crippen molar-refractivity contribution in [3.8, 4) is 5.75 Å². The molecule has 0 radical (unpaired) electrons. The molecule has 6 nitrogen and oxygen atoms in total. The van der Waals surface area contributed by atoms with Crippen LogP contribution in [0.4, 0.5) is 0 Å². The minimum absolute atomic E-state index is 0.0298. The third-order valence-corrected chi connectivity index (χ3v) is 7.64. The van der Waals surface area contributed by atoms with Crippen molar-refractivity contribution in [1.82, 2.24) is 9.88 Å². The average Bonchev–Trinajstić information content (AvgIpc) is 3.17. The van der Waals surface area contributed by atoms with Gasteiger partial charge in [0.15, 0.2) is 6.10 Å². The first-order valence-electron chi connectivity index (χ1n) is 13.5. The zero-order valence-electron chi connectivity index (χ0n) is 23.8. The fraction of sp³-hybridized carbons (Fsp3) is 0.333. The van der Waals surface area contributed by atoms with Crippen molar-refractivity contribution in [3.05, 3.63) is 100 Å². The molecule has 1 aromatic heterocycles. The van der Waals surface area contributed by atoms with Gasteiger partial charge in [-0.2, -0.15) is 0 Å². The van der Waals surface area contributed by atoms with Crippen molar-refractivity contribution >= 4 is 22.8 Å². The molecule has 3 atom stereocenters. The van der Waals surface area contributed by atoms with Gasteiger partial charge in [-0.15, -0.1) is 0 Å². The number of nitrogens with zero attached hydrogens (tertiary/aromatic N) is 1. The summed E-state index contributed by atoms with van der Waals surface area (Å²) < 4.78 is 7.85. The second kappa shape index (κ2) is 11.4. The smallest absolute Gasteiger partial charge is 0.344 e. The topological polar surface area (TPSA) is 80.6 Å². The van der Waals surface area contributed by atoms with E-state index >= 15 is 0 Å². The monoisotopic (exact) mass is 526 g/mol. The van der Waals surface area contributed by atoms with Gasteiger partial charge in [0.05, 0.1) is 12.1 Å². The van der Waals surface area contributed by atoms with Crippen molar-refractivity contribution in [1.29, 1.82) is 0 Å². The molecule has 1 heterocycles. The Balaban J connectivity index is 1.60. The van der Waals surface area contributed by atoms with Crippen LogP contribution in [0.3, 0.4) is 0 Å². The number of amides is 1. The van der Waals surface area contributed by atoms with Crippen LogP contribution >= 0.6 is 0 Å². The quantitative estimate of drug-likeness (QED) is 0.239. The Labute approximate surface area is 230 Å². The molecule has 0 fully saturated rings. The van der Waals surface area contributed by atoms with Crippen LogP contribution in [0.15, 0.2) is 66.7 Å². The second-order valence-corrected chi connectivity index (χ2v) is 10.7. The third-order valence-electron chi connectivity index (χ3n) is 7.64. The highest BCUT2D eigenvalue weighted by atomic mass is 16.5. The van der Waals surface area contributed by atoms with Crippen LogP contribution in [0.25, 0.3) is 10.9 Å². The zero-order chi connectivity index (χ0) is 28.4. The second-order valence-electron chi connectivity index (χ2n) is 10.7. The molecule has 0 spiro atoms. The Kier molecular flexibility index (Phi) is 8.14. The van der Waals surface area contributed by atoms with Crippen molar-refractivity contribution in [3.63, 3.8) is 0 Å². The number of fused-ring (bicyclic) bond motifs is 1. The molecule has 3 aromatic carbocycles. The van der Waals surface area contributed by atoms with Crippen LogP contribution in [0.1, 0.15) is 90.9 Å². The molecule has 39 heavy (non-hydrogen) atoms. The van der Waals surface area contributed by atoms with Gasteiger partial charge in [-0.1, -0.05) is 50.2 Å². The number of carboxylic acid groups (broad SMARTS) is 1. The van der Waals surface area contributed by atoms with E-state index in [1.165, 1.54) is 12.5 Å². The molecule has 0 aliphatic rings. The highest BCUT2D eigenvalue weighted by Crippen LogP contribution is 2.33. The standard InChI is InChI=1S/C33H38N2O4/c1-19(2)25-10-8-11-26(16-25)21(4)34-32(36)28-14-15-31-30(18-28)20(3)22(5)35(31)23(6)27-12-9-13-29(17-27)39-24(7)33(37)38/h8-19,21,23-24H,1-7H3,(H,34,36)(H,37,38)/t21-,23-,24-/m0/s1. The number of carbonyl (C=O) groups is 2. The first kappa shape index (κ1) is 28.0. The summed E-state index contributed by atoms with van der Waals surface area (Å²) in [5, 5.41) is 13.4. The van der Waals surface area contributed by atoms with Crippen LogP contribution in [0.5, 0.6) is 5.75 Å². The van der Waals surface area contributed by atoms with E-state index in [1.807, 2.05) is 49.4 Å². The van der Waals surface area contributed by atoms with E-state index in [1.54, 1.807) is 6.07 Å². The maximum atomic E-state index is 13.2. The average molecular weight is 527 g/mol. The summed E-state index contributed by atoms with van der Waals surface area (Å²) in [5.41, 5.74) is 7.24. The Bertz CT molecular complexity index is 1520. The molecule has 1 amide bonds. The largest absolute Gasteiger partial charge is 0.479 e. The number of aryl methyl sites for hydroxylation is 1. The number of benzene rings is 3. The van der Waals surface area contributed by atoms with Crippen molar-refractivity contribution < 1.29 is 19.4 Å². The number of aromatic nitrogens is 1. The Hall–Kier alpha value is -4.06. The molecule has 0 aliphatic carbocycles. The van der Waals surface area contributed by atoms with Gasteiger partial charge in [-0.05, 0) is 93.1 Å². The van der Waals surface area contributed by atoms with Crippen LogP contribution < -0.4 is 10.1 Å². The number of nitrogens with one attached hydrogen (secondary N) is 1. The number of hydrogen-bond acceptors (Lipinski definition) is 3. The minimum atomic E-state index is -1.00. The number of hydrogen-bond donors (Lipinski definition) is 2. The third kappa shape index (κ3) is 5.85. The molecule has 0 saturated carbocycles. The van der Waals surface area contributed by atoms with Gasteiger partial charge in [0.2, 0.25) is 0 Å². The summed E-state index contributed by atoms with van der Waals surface area (Å²) in [6.45, 7) is 14.1. The molecule has 4 aromatic rings. The molecule has 2 N–H and O–H groups in total. The molecule has 4 rings (SSSR count). The first-order valence-corrected chi connectivity index (χ1v) is 13.5. The predicted octanol–water partition coefficient (Wildman–Crippen LogP) is 7.33. The number of aliphatic carboxylic acids is 1. The fourth-order valence-electron chi connectivity index (χ4n) is 5.05. The SMILES string of the molecule is Cc1c(C)n([C@@H](C)c2cccc(O[C@@H](C)C(=O)O)c2)c2ccc(C(=O)N[C@@H](C)c3cccc(C(C)C)c3)cc12. The van der Waals surface area contributed by atoms with E-state index in [-0.39, 0.29) is 18.0 Å². The van der Waals surface area contributed by atoms with Gasteiger partial charge in [-0.3, -0.25) is 4.79 Å². The summed E-state index contributed by atoms with van der Waals surface area (Å²) in [5.74, 6) is -0.160. The maximum Gasteiger partial charge on any atom is 0.344 e. The lowest BCUT2D eigenvalue weighted by Crippen LogP contribution is -2.26. The van der Waals surface area contributed by atoms with Gasteiger partial charge in [0.25, 0.3) is 5.91 Å². The minimum Gasteiger partial charge on any atom is -0.479 e. The van der Waals surface area contributed by atoms with E-state index in [0.29, 0.717) is 17.2 Å². The Morgan fingerprint density at radius 2 is 1.51 bits per heavy atom. The van der Waals surface area contributed by atoms with Crippen molar-refractivity contribution in [2.45, 2.75) is 72.6 Å². The maximum absolute atomic E-state index is 13.2. The number of ether oxygens (including phenoxy) is 1. The van der Waals surface area contributed by atoms with Gasteiger partial charge in [-0.25, -0.2) is 4.79 Å². The molecule has 0 saturated heterocycles. The van der Waals surface area contributed by atoms with E-state index in [0.717, 1.165) is 33.3 Å². The van der Waals surface area contributed by atoms with Gasteiger partial charge in [0.1, 0.15) is 5.75 Å². The number of rotatable bonds is 9.